The predicted octanol–water partition coefficient (Wildman–Crippen LogP) is 8.90. The maximum atomic E-state index is 13.4. The van der Waals surface area contributed by atoms with E-state index < -0.39 is 17.7 Å². The molecule has 332 valence electrons. The molecule has 4 aromatic rings. The molecule has 4 aromatic carbocycles. The molecule has 3 aliphatic heterocycles. The maximum absolute atomic E-state index is 13.4. The minimum Gasteiger partial charge on any atom is -0.444 e. The van der Waals surface area contributed by atoms with Crippen LogP contribution in [-0.2, 0) is 36.8 Å². The molecule has 0 unspecified atom stereocenters. The van der Waals surface area contributed by atoms with Crippen LogP contribution in [0.2, 0.25) is 0 Å². The van der Waals surface area contributed by atoms with Gasteiger partial charge in [-0.25, -0.2) is 4.79 Å². The number of Topliss-reactive ketones (excluding diaryl/α,β-unsaturated/α-hetero) is 2. The lowest BCUT2D eigenvalue weighted by atomic mass is 9.93. The summed E-state index contributed by atoms with van der Waals surface area (Å²) in [5.74, 6) is 0.395. The summed E-state index contributed by atoms with van der Waals surface area (Å²) in [6.07, 6.45) is 9.58. The standard InChI is InChI=1S/C29H36N2O4.C23H27N3O2/c1-29(2,3)35-28(34)31-18-10-17-25(31)26(32)19-21-13-6-7-14-22(21)23-15-8-9-16-24(23)30-27(33)20-11-4-5-12-20;27-22(20-11-5-13-24-20)15-16-7-1-2-8-17(16)18-9-3-4-10-19(18)26-23(28)21-12-6-14-25-21/h6-9,13-16,20,25H,4-5,10-12,17-19H2,1-3H3,(H,30,33);1-4,7-10,20-21,24-25H,5-6,11-15H2,(H,26,28)/t25-;20-,21-/m00/s1. The van der Waals surface area contributed by atoms with E-state index >= 15 is 0 Å². The molecular formula is C52H63N5O6. The highest BCUT2D eigenvalue weighted by Gasteiger charge is 2.37. The Morgan fingerprint density at radius 3 is 1.60 bits per heavy atom. The van der Waals surface area contributed by atoms with Gasteiger partial charge in [-0.15, -0.1) is 0 Å². The highest BCUT2D eigenvalue weighted by Crippen LogP contribution is 2.35. The second-order valence-electron chi connectivity index (χ2n) is 18.3. The van der Waals surface area contributed by atoms with Gasteiger partial charge in [0, 0.05) is 47.8 Å². The Labute approximate surface area is 372 Å². The summed E-state index contributed by atoms with van der Waals surface area (Å²) < 4.78 is 5.53. The summed E-state index contributed by atoms with van der Waals surface area (Å²) in [6.45, 7) is 7.83. The molecule has 1 saturated carbocycles. The number of amides is 3. The summed E-state index contributed by atoms with van der Waals surface area (Å²) in [5, 5.41) is 12.8. The van der Waals surface area contributed by atoms with E-state index in [0.717, 1.165) is 116 Å². The number of carbonyl (C=O) groups is 5. The van der Waals surface area contributed by atoms with Crippen molar-refractivity contribution in [1.29, 1.82) is 0 Å². The molecule has 1 aliphatic carbocycles. The van der Waals surface area contributed by atoms with Gasteiger partial charge in [-0.1, -0.05) is 97.8 Å². The first-order valence-electron chi connectivity index (χ1n) is 22.9. The van der Waals surface area contributed by atoms with Crippen molar-refractivity contribution in [3.8, 4) is 22.3 Å². The van der Waals surface area contributed by atoms with Crippen LogP contribution >= 0.6 is 0 Å². The molecule has 11 nitrogen and oxygen atoms in total. The van der Waals surface area contributed by atoms with Crippen LogP contribution in [0.3, 0.4) is 0 Å². The number of anilines is 2. The Morgan fingerprint density at radius 1 is 0.571 bits per heavy atom. The van der Waals surface area contributed by atoms with Crippen LogP contribution in [0.15, 0.2) is 97.1 Å². The molecule has 0 radical (unpaired) electrons. The van der Waals surface area contributed by atoms with E-state index in [-0.39, 0.29) is 47.8 Å². The number of hydrogen-bond donors (Lipinski definition) is 4. The highest BCUT2D eigenvalue weighted by molar-refractivity contribution is 6.00. The molecule has 4 N–H and O–H groups in total. The number of nitrogens with zero attached hydrogens (tertiary/aromatic N) is 1. The maximum Gasteiger partial charge on any atom is 0.410 e. The molecule has 11 heteroatoms. The minimum absolute atomic E-state index is 0.00767. The Morgan fingerprint density at radius 2 is 1.06 bits per heavy atom. The zero-order valence-corrected chi connectivity index (χ0v) is 37.1. The van der Waals surface area contributed by atoms with Gasteiger partial charge in [0.2, 0.25) is 11.8 Å². The third-order valence-corrected chi connectivity index (χ3v) is 12.5. The van der Waals surface area contributed by atoms with E-state index in [4.69, 9.17) is 4.74 Å². The molecule has 63 heavy (non-hydrogen) atoms. The number of hydrogen-bond acceptors (Lipinski definition) is 8. The third kappa shape index (κ3) is 11.9. The first-order valence-corrected chi connectivity index (χ1v) is 22.9. The third-order valence-electron chi connectivity index (χ3n) is 12.5. The average molecular weight is 854 g/mol. The summed E-state index contributed by atoms with van der Waals surface area (Å²) in [5.41, 5.74) is 6.62. The van der Waals surface area contributed by atoms with Crippen LogP contribution in [0.25, 0.3) is 22.3 Å². The number of likely N-dealkylation sites (tertiary alicyclic amines) is 1. The van der Waals surface area contributed by atoms with Crippen molar-refractivity contribution in [1.82, 2.24) is 15.5 Å². The normalized spacial score (nSPS) is 19.9. The van der Waals surface area contributed by atoms with Crippen LogP contribution in [0.1, 0.15) is 96.1 Å². The van der Waals surface area contributed by atoms with Gasteiger partial charge in [-0.05, 0) is 120 Å². The number of ether oxygens (including phenoxy) is 1. The Hall–Kier alpha value is -5.65. The average Bonchev–Trinajstić information content (AvgIpc) is 4.13. The predicted molar refractivity (Wildman–Crippen MR) is 248 cm³/mol. The van der Waals surface area contributed by atoms with Crippen LogP contribution in [0, 0.1) is 5.92 Å². The van der Waals surface area contributed by atoms with Crippen LogP contribution in [0.4, 0.5) is 16.2 Å². The molecular weight excluding hydrogens is 791 g/mol. The van der Waals surface area contributed by atoms with E-state index in [1.807, 2.05) is 118 Å². The molecule has 3 heterocycles. The number of carbonyl (C=O) groups excluding carboxylic acids is 5. The van der Waals surface area contributed by atoms with Gasteiger partial charge in [-0.3, -0.25) is 24.1 Å². The molecule has 8 rings (SSSR count). The Kier molecular flexibility index (Phi) is 15.2. The van der Waals surface area contributed by atoms with Crippen LogP contribution in [0.5, 0.6) is 0 Å². The monoisotopic (exact) mass is 853 g/mol. The van der Waals surface area contributed by atoms with E-state index in [1.165, 1.54) is 0 Å². The largest absolute Gasteiger partial charge is 0.444 e. The van der Waals surface area contributed by atoms with Gasteiger partial charge < -0.3 is 26.0 Å². The van der Waals surface area contributed by atoms with E-state index in [9.17, 15) is 24.0 Å². The van der Waals surface area contributed by atoms with E-state index in [1.54, 1.807) is 4.90 Å². The molecule has 3 atom stereocenters. The van der Waals surface area contributed by atoms with Gasteiger partial charge in [0.1, 0.15) is 5.60 Å². The van der Waals surface area contributed by atoms with Crippen molar-refractivity contribution in [2.75, 3.05) is 30.3 Å². The molecule has 3 amide bonds. The number of benzene rings is 4. The molecule has 0 aromatic heterocycles. The van der Waals surface area contributed by atoms with Crippen molar-refractivity contribution in [3.63, 3.8) is 0 Å². The fourth-order valence-corrected chi connectivity index (χ4v) is 9.30. The molecule has 0 bridgehead atoms. The van der Waals surface area contributed by atoms with Crippen molar-refractivity contribution in [3.05, 3.63) is 108 Å². The van der Waals surface area contributed by atoms with Crippen molar-refractivity contribution >= 4 is 40.8 Å². The topological polar surface area (TPSA) is 146 Å². The minimum atomic E-state index is -0.605. The fourth-order valence-electron chi connectivity index (χ4n) is 9.30. The van der Waals surface area contributed by atoms with E-state index in [2.05, 4.69) is 21.3 Å². The summed E-state index contributed by atoms with van der Waals surface area (Å²) in [6, 6.07) is 30.8. The molecule has 0 spiro atoms. The lowest BCUT2D eigenvalue weighted by Crippen LogP contribution is -2.43. The van der Waals surface area contributed by atoms with Crippen molar-refractivity contribution in [2.24, 2.45) is 5.92 Å². The lowest BCUT2D eigenvalue weighted by molar-refractivity contribution is -0.123. The highest BCUT2D eigenvalue weighted by atomic mass is 16.6. The van der Waals surface area contributed by atoms with Gasteiger partial charge in [0.25, 0.3) is 0 Å². The number of nitrogens with one attached hydrogen (secondary N) is 4. The van der Waals surface area contributed by atoms with Gasteiger partial charge in [0.15, 0.2) is 11.6 Å². The lowest BCUT2D eigenvalue weighted by Gasteiger charge is -2.28. The number of ketones is 2. The quantitative estimate of drug-likeness (QED) is 0.111. The molecule has 3 saturated heterocycles. The zero-order chi connectivity index (χ0) is 44.3. The summed E-state index contributed by atoms with van der Waals surface area (Å²) in [4.78, 5) is 65.8. The van der Waals surface area contributed by atoms with Crippen LogP contribution < -0.4 is 21.3 Å². The smallest absolute Gasteiger partial charge is 0.410 e. The van der Waals surface area contributed by atoms with Gasteiger partial charge in [0.05, 0.1) is 18.1 Å². The summed E-state index contributed by atoms with van der Waals surface area (Å²) >= 11 is 0. The summed E-state index contributed by atoms with van der Waals surface area (Å²) in [7, 11) is 0. The first-order chi connectivity index (χ1) is 30.4. The van der Waals surface area contributed by atoms with Crippen LogP contribution in [-0.4, -0.2) is 77.7 Å². The molecule has 4 aliphatic rings. The number of para-hydroxylation sites is 2. The molecule has 4 fully saturated rings. The SMILES string of the molecule is CC(C)(C)OC(=O)N1CCC[C@H]1C(=O)Cc1ccccc1-c1ccccc1NC(=O)C1CCCC1.O=C(Cc1ccccc1-c1ccccc1NC(=O)[C@@H]1CCCN1)[C@@H]1CCCN1. The first kappa shape index (κ1) is 45.4. The zero-order valence-electron chi connectivity index (χ0n) is 37.1. The van der Waals surface area contributed by atoms with Crippen molar-refractivity contribution in [2.45, 2.75) is 122 Å². The van der Waals surface area contributed by atoms with Gasteiger partial charge >= 0.3 is 6.09 Å². The second-order valence-corrected chi connectivity index (χ2v) is 18.3. The van der Waals surface area contributed by atoms with Crippen molar-refractivity contribution < 1.29 is 28.7 Å². The Bertz CT molecular complexity index is 2180. The Balaban J connectivity index is 0.000000193. The number of rotatable bonds is 12. The van der Waals surface area contributed by atoms with Gasteiger partial charge in [-0.2, -0.15) is 0 Å². The second kappa shape index (κ2) is 21.1. The van der Waals surface area contributed by atoms with E-state index in [0.29, 0.717) is 19.4 Å². The fraction of sp³-hybridized carbons (Fsp3) is 0.442.